The maximum absolute atomic E-state index is 5.21. The molecule has 0 aromatic carbocycles. The van der Waals surface area contributed by atoms with Crippen LogP contribution in [0.25, 0.3) is 0 Å². The number of hydrogen-bond acceptors (Lipinski definition) is 4. The van der Waals surface area contributed by atoms with Crippen LogP contribution in [0.3, 0.4) is 0 Å². The molecule has 0 spiro atoms. The molecule has 1 aliphatic rings. The van der Waals surface area contributed by atoms with E-state index in [2.05, 4.69) is 17.6 Å². The van der Waals surface area contributed by atoms with E-state index in [1.165, 1.54) is 25.7 Å². The van der Waals surface area contributed by atoms with E-state index in [1.807, 2.05) is 0 Å². The first-order valence-corrected chi connectivity index (χ1v) is 6.60. The van der Waals surface area contributed by atoms with Crippen LogP contribution >= 0.6 is 24.4 Å². The van der Waals surface area contributed by atoms with Crippen molar-refractivity contribution in [1.29, 1.82) is 0 Å². The molecule has 0 unspecified atom stereocenters. The van der Waals surface area contributed by atoms with E-state index < -0.39 is 0 Å². The standard InChI is InChI=1S/C10H15NOS2/c13-7-10(3-1-2-4-10)8-14-9-11-5-6-12-9/h5-6,13H,1-4,7-8H2. The smallest absolute Gasteiger partial charge is 0.255 e. The predicted molar refractivity (Wildman–Crippen MR) is 62.0 cm³/mol. The molecule has 4 heteroatoms. The van der Waals surface area contributed by atoms with Gasteiger partial charge < -0.3 is 4.42 Å². The van der Waals surface area contributed by atoms with Gasteiger partial charge in [0.1, 0.15) is 6.26 Å². The van der Waals surface area contributed by atoms with Crippen molar-refractivity contribution in [3.8, 4) is 0 Å². The van der Waals surface area contributed by atoms with Gasteiger partial charge in [-0.15, -0.1) is 0 Å². The van der Waals surface area contributed by atoms with Gasteiger partial charge in [0.25, 0.3) is 5.22 Å². The Morgan fingerprint density at radius 1 is 1.50 bits per heavy atom. The van der Waals surface area contributed by atoms with Crippen molar-refractivity contribution in [1.82, 2.24) is 4.98 Å². The van der Waals surface area contributed by atoms with E-state index in [9.17, 15) is 0 Å². The van der Waals surface area contributed by atoms with Gasteiger partial charge in [-0.1, -0.05) is 24.6 Å². The van der Waals surface area contributed by atoms with E-state index in [4.69, 9.17) is 4.42 Å². The molecule has 1 fully saturated rings. The van der Waals surface area contributed by atoms with Gasteiger partial charge in [-0.25, -0.2) is 4.98 Å². The molecular formula is C10H15NOS2. The number of rotatable bonds is 4. The summed E-state index contributed by atoms with van der Waals surface area (Å²) >= 11 is 6.19. The Morgan fingerprint density at radius 2 is 2.29 bits per heavy atom. The second-order valence-corrected chi connectivity index (χ2v) is 5.19. The Hall–Kier alpha value is -0.0900. The molecule has 0 saturated heterocycles. The fourth-order valence-electron chi connectivity index (χ4n) is 1.97. The monoisotopic (exact) mass is 229 g/mol. The van der Waals surface area contributed by atoms with Gasteiger partial charge >= 0.3 is 0 Å². The highest BCUT2D eigenvalue weighted by Gasteiger charge is 2.32. The van der Waals surface area contributed by atoms with Gasteiger partial charge in [0.2, 0.25) is 0 Å². The van der Waals surface area contributed by atoms with Crippen LogP contribution in [0.4, 0.5) is 0 Å². The Balaban J connectivity index is 1.89. The molecule has 2 rings (SSSR count). The molecule has 1 heterocycles. The van der Waals surface area contributed by atoms with Gasteiger partial charge in [0, 0.05) is 5.75 Å². The van der Waals surface area contributed by atoms with Gasteiger partial charge in [0.05, 0.1) is 6.20 Å². The molecule has 0 aliphatic heterocycles. The summed E-state index contributed by atoms with van der Waals surface area (Å²) in [7, 11) is 0. The minimum Gasteiger partial charge on any atom is -0.440 e. The van der Waals surface area contributed by atoms with Crippen LogP contribution in [0.1, 0.15) is 25.7 Å². The minimum absolute atomic E-state index is 0.433. The van der Waals surface area contributed by atoms with E-state index in [-0.39, 0.29) is 0 Å². The number of nitrogens with zero attached hydrogens (tertiary/aromatic N) is 1. The zero-order chi connectivity index (χ0) is 9.86. The number of thioether (sulfide) groups is 1. The molecule has 0 atom stereocenters. The lowest BCUT2D eigenvalue weighted by molar-refractivity contribution is 0.398. The molecule has 78 valence electrons. The lowest BCUT2D eigenvalue weighted by atomic mass is 9.91. The van der Waals surface area contributed by atoms with Crippen molar-refractivity contribution in [2.75, 3.05) is 11.5 Å². The number of aromatic nitrogens is 1. The predicted octanol–water partition coefficient (Wildman–Crippen LogP) is 3.26. The molecule has 1 saturated carbocycles. The van der Waals surface area contributed by atoms with Gasteiger partial charge in [-0.3, -0.25) is 0 Å². The van der Waals surface area contributed by atoms with Crippen molar-refractivity contribution < 1.29 is 4.42 Å². The van der Waals surface area contributed by atoms with E-state index in [0.29, 0.717) is 5.41 Å². The topological polar surface area (TPSA) is 26.0 Å². The SMILES string of the molecule is SCC1(CSc2ncco2)CCCC1. The Labute approximate surface area is 94.3 Å². The highest BCUT2D eigenvalue weighted by molar-refractivity contribution is 7.99. The third-order valence-corrected chi connectivity index (χ3v) is 4.79. The van der Waals surface area contributed by atoms with Crippen LogP contribution in [0.5, 0.6) is 0 Å². The number of oxazole rings is 1. The van der Waals surface area contributed by atoms with Gasteiger partial charge in [0.15, 0.2) is 0 Å². The molecule has 0 amide bonds. The van der Waals surface area contributed by atoms with Crippen molar-refractivity contribution in [2.45, 2.75) is 30.9 Å². The third-order valence-electron chi connectivity index (χ3n) is 2.91. The highest BCUT2D eigenvalue weighted by atomic mass is 32.2. The van der Waals surface area contributed by atoms with Crippen molar-refractivity contribution in [2.24, 2.45) is 5.41 Å². The van der Waals surface area contributed by atoms with Crippen LogP contribution < -0.4 is 0 Å². The largest absolute Gasteiger partial charge is 0.440 e. The zero-order valence-corrected chi connectivity index (χ0v) is 9.82. The van der Waals surface area contributed by atoms with Crippen LogP contribution in [0.2, 0.25) is 0 Å². The maximum atomic E-state index is 5.21. The van der Waals surface area contributed by atoms with Gasteiger partial charge in [-0.05, 0) is 24.0 Å². The molecular weight excluding hydrogens is 214 g/mol. The van der Waals surface area contributed by atoms with E-state index >= 15 is 0 Å². The summed E-state index contributed by atoms with van der Waals surface area (Å²) in [6.07, 6.45) is 8.66. The van der Waals surface area contributed by atoms with Crippen LogP contribution in [0, 0.1) is 5.41 Å². The molecule has 1 aliphatic carbocycles. The second-order valence-electron chi connectivity index (χ2n) is 3.95. The summed E-state index contributed by atoms with van der Waals surface area (Å²) in [6, 6.07) is 0. The Bertz CT molecular complexity index is 268. The van der Waals surface area contributed by atoms with Crippen LogP contribution in [-0.2, 0) is 0 Å². The summed E-state index contributed by atoms with van der Waals surface area (Å²) in [5, 5.41) is 0.790. The summed E-state index contributed by atoms with van der Waals surface area (Å²) in [5.74, 6) is 2.08. The number of thiol groups is 1. The fourth-order valence-corrected chi connectivity index (χ4v) is 3.63. The highest BCUT2D eigenvalue weighted by Crippen LogP contribution is 2.42. The zero-order valence-electron chi connectivity index (χ0n) is 8.11. The summed E-state index contributed by atoms with van der Waals surface area (Å²) in [6.45, 7) is 0. The molecule has 2 nitrogen and oxygen atoms in total. The summed E-state index contributed by atoms with van der Waals surface area (Å²) in [5.41, 5.74) is 0.433. The average Bonchev–Trinajstić information content (AvgIpc) is 2.87. The molecule has 0 radical (unpaired) electrons. The molecule has 1 aromatic rings. The normalized spacial score (nSPS) is 20.1. The Kier molecular flexibility index (Phi) is 3.44. The van der Waals surface area contributed by atoms with Crippen molar-refractivity contribution in [3.05, 3.63) is 12.5 Å². The first kappa shape index (κ1) is 10.4. The Morgan fingerprint density at radius 3 is 2.86 bits per heavy atom. The number of hydrogen-bond donors (Lipinski definition) is 1. The van der Waals surface area contributed by atoms with Crippen LogP contribution in [-0.4, -0.2) is 16.5 Å². The molecule has 0 bridgehead atoms. The quantitative estimate of drug-likeness (QED) is 0.634. The molecule has 14 heavy (non-hydrogen) atoms. The average molecular weight is 229 g/mol. The maximum Gasteiger partial charge on any atom is 0.255 e. The van der Waals surface area contributed by atoms with E-state index in [0.717, 1.165) is 16.7 Å². The first-order valence-electron chi connectivity index (χ1n) is 4.98. The second kappa shape index (κ2) is 4.62. The summed E-state index contributed by atoms with van der Waals surface area (Å²) in [4.78, 5) is 4.11. The third kappa shape index (κ3) is 2.28. The molecule has 0 N–H and O–H groups in total. The fraction of sp³-hybridized carbons (Fsp3) is 0.700. The van der Waals surface area contributed by atoms with Crippen LogP contribution in [0.15, 0.2) is 22.1 Å². The van der Waals surface area contributed by atoms with Crippen molar-refractivity contribution in [3.63, 3.8) is 0 Å². The summed E-state index contributed by atoms with van der Waals surface area (Å²) < 4.78 is 5.21. The lowest BCUT2D eigenvalue weighted by Crippen LogP contribution is -2.21. The lowest BCUT2D eigenvalue weighted by Gasteiger charge is -2.25. The minimum atomic E-state index is 0.433. The van der Waals surface area contributed by atoms with Gasteiger partial charge in [-0.2, -0.15) is 12.6 Å². The van der Waals surface area contributed by atoms with E-state index in [1.54, 1.807) is 24.2 Å². The first-order chi connectivity index (χ1) is 6.85. The molecule has 1 aromatic heterocycles. The van der Waals surface area contributed by atoms with Crippen molar-refractivity contribution >= 4 is 24.4 Å².